The summed E-state index contributed by atoms with van der Waals surface area (Å²) in [6.07, 6.45) is 0.640. The Hall–Kier alpha value is -2.19. The molecule has 2 heterocycles. The van der Waals surface area contributed by atoms with Crippen LogP contribution in [-0.4, -0.2) is 32.4 Å². The molecule has 114 valence electrons. The maximum Gasteiger partial charge on any atom is 0.319 e. The van der Waals surface area contributed by atoms with Crippen molar-refractivity contribution in [1.82, 2.24) is 25.1 Å². The standard InChI is InChI=1S/C13H13ClN6OS/c1-8-17-18-13-20(8)19-11(22-13)6-7-15-12(21)16-10-4-2-9(14)3-5-10/h2-5H,6-7H2,1H3,(H2,15,16,21). The van der Waals surface area contributed by atoms with Gasteiger partial charge in [-0.1, -0.05) is 22.9 Å². The van der Waals surface area contributed by atoms with E-state index in [-0.39, 0.29) is 6.03 Å². The second-order valence-electron chi connectivity index (χ2n) is 4.58. The normalized spacial score (nSPS) is 10.8. The van der Waals surface area contributed by atoms with Gasteiger partial charge in [0.05, 0.1) is 0 Å². The van der Waals surface area contributed by atoms with E-state index in [1.807, 2.05) is 6.92 Å². The van der Waals surface area contributed by atoms with Crippen molar-refractivity contribution in [3.05, 3.63) is 40.1 Å². The summed E-state index contributed by atoms with van der Waals surface area (Å²) in [5, 5.41) is 19.4. The van der Waals surface area contributed by atoms with E-state index >= 15 is 0 Å². The molecule has 9 heteroatoms. The Balaban J connectivity index is 1.49. The topological polar surface area (TPSA) is 84.2 Å². The molecule has 0 aliphatic rings. The first-order valence-electron chi connectivity index (χ1n) is 6.60. The first-order valence-corrected chi connectivity index (χ1v) is 7.79. The first kappa shape index (κ1) is 14.7. The minimum Gasteiger partial charge on any atom is -0.337 e. The maximum absolute atomic E-state index is 11.8. The van der Waals surface area contributed by atoms with Crippen molar-refractivity contribution in [2.24, 2.45) is 0 Å². The molecule has 3 rings (SSSR count). The molecule has 3 aromatic rings. The minimum absolute atomic E-state index is 0.262. The van der Waals surface area contributed by atoms with Gasteiger partial charge in [-0.25, -0.2) is 4.79 Å². The summed E-state index contributed by atoms with van der Waals surface area (Å²) >= 11 is 7.26. The summed E-state index contributed by atoms with van der Waals surface area (Å²) in [6.45, 7) is 2.34. The summed E-state index contributed by atoms with van der Waals surface area (Å²) < 4.78 is 1.70. The Kier molecular flexibility index (Phi) is 4.21. The lowest BCUT2D eigenvalue weighted by Gasteiger charge is -2.06. The van der Waals surface area contributed by atoms with Gasteiger partial charge in [0.1, 0.15) is 5.01 Å². The van der Waals surface area contributed by atoms with Crippen molar-refractivity contribution in [3.63, 3.8) is 0 Å². The van der Waals surface area contributed by atoms with Crippen LogP contribution in [-0.2, 0) is 6.42 Å². The van der Waals surface area contributed by atoms with Crippen LogP contribution in [0.2, 0.25) is 5.02 Å². The number of nitrogens with one attached hydrogen (secondary N) is 2. The highest BCUT2D eigenvalue weighted by molar-refractivity contribution is 7.16. The highest BCUT2D eigenvalue weighted by atomic mass is 35.5. The van der Waals surface area contributed by atoms with Gasteiger partial charge in [-0.05, 0) is 31.2 Å². The van der Waals surface area contributed by atoms with Crippen molar-refractivity contribution >= 4 is 39.6 Å². The van der Waals surface area contributed by atoms with E-state index in [4.69, 9.17) is 11.6 Å². The van der Waals surface area contributed by atoms with Gasteiger partial charge in [0.2, 0.25) is 4.96 Å². The number of nitrogens with zero attached hydrogens (tertiary/aromatic N) is 4. The molecular formula is C13H13ClN6OS. The molecule has 0 saturated carbocycles. The fourth-order valence-corrected chi connectivity index (χ4v) is 2.85. The van der Waals surface area contributed by atoms with Gasteiger partial charge in [-0.2, -0.15) is 9.61 Å². The molecule has 7 nitrogen and oxygen atoms in total. The van der Waals surface area contributed by atoms with E-state index in [1.54, 1.807) is 28.8 Å². The van der Waals surface area contributed by atoms with Crippen LogP contribution in [0, 0.1) is 6.92 Å². The van der Waals surface area contributed by atoms with Crippen molar-refractivity contribution in [2.75, 3.05) is 11.9 Å². The van der Waals surface area contributed by atoms with Crippen LogP contribution >= 0.6 is 22.9 Å². The molecule has 0 saturated heterocycles. The molecule has 1 aromatic carbocycles. The van der Waals surface area contributed by atoms with Crippen molar-refractivity contribution < 1.29 is 4.79 Å². The second-order valence-corrected chi connectivity index (χ2v) is 6.05. The lowest BCUT2D eigenvalue weighted by molar-refractivity contribution is 0.252. The number of benzene rings is 1. The van der Waals surface area contributed by atoms with Crippen LogP contribution in [0.3, 0.4) is 0 Å². The molecule has 0 fully saturated rings. The SMILES string of the molecule is Cc1nnc2sc(CCNC(=O)Nc3ccc(Cl)cc3)nn12. The van der Waals surface area contributed by atoms with E-state index in [0.717, 1.165) is 15.8 Å². The second kappa shape index (κ2) is 6.29. The van der Waals surface area contributed by atoms with Gasteiger partial charge < -0.3 is 10.6 Å². The molecule has 0 radical (unpaired) electrons. The number of aromatic nitrogens is 4. The van der Waals surface area contributed by atoms with E-state index in [1.165, 1.54) is 11.3 Å². The minimum atomic E-state index is -0.262. The van der Waals surface area contributed by atoms with Crippen molar-refractivity contribution in [1.29, 1.82) is 0 Å². The van der Waals surface area contributed by atoms with E-state index in [0.29, 0.717) is 23.7 Å². The smallest absolute Gasteiger partial charge is 0.319 e. The van der Waals surface area contributed by atoms with Gasteiger partial charge >= 0.3 is 6.03 Å². The van der Waals surface area contributed by atoms with Gasteiger partial charge in [0.15, 0.2) is 5.82 Å². The van der Waals surface area contributed by atoms with E-state index < -0.39 is 0 Å². The molecule has 2 aromatic heterocycles. The summed E-state index contributed by atoms with van der Waals surface area (Å²) in [4.78, 5) is 12.5. The highest BCUT2D eigenvalue weighted by Crippen LogP contribution is 2.14. The van der Waals surface area contributed by atoms with Crippen LogP contribution in [0.4, 0.5) is 10.5 Å². The predicted octanol–water partition coefficient (Wildman–Crippen LogP) is 2.51. The molecule has 0 atom stereocenters. The number of urea groups is 1. The first-order chi connectivity index (χ1) is 10.6. The third-order valence-corrected chi connectivity index (χ3v) is 4.13. The Labute approximate surface area is 135 Å². The van der Waals surface area contributed by atoms with Gasteiger partial charge in [-0.15, -0.1) is 10.2 Å². The Morgan fingerprint density at radius 3 is 2.82 bits per heavy atom. The van der Waals surface area contributed by atoms with E-state index in [9.17, 15) is 4.79 Å². The maximum atomic E-state index is 11.8. The molecule has 0 unspecified atom stereocenters. The summed E-state index contributed by atoms with van der Waals surface area (Å²) in [7, 11) is 0. The zero-order valence-corrected chi connectivity index (χ0v) is 13.3. The molecule has 22 heavy (non-hydrogen) atoms. The monoisotopic (exact) mass is 336 g/mol. The van der Waals surface area contributed by atoms with Crippen molar-refractivity contribution in [3.8, 4) is 0 Å². The molecule has 2 N–H and O–H groups in total. The molecular weight excluding hydrogens is 324 g/mol. The van der Waals surface area contributed by atoms with Crippen LogP contribution in [0.15, 0.2) is 24.3 Å². The van der Waals surface area contributed by atoms with Crippen LogP contribution in [0.25, 0.3) is 4.96 Å². The fraction of sp³-hybridized carbons (Fsp3) is 0.231. The average Bonchev–Trinajstić information content (AvgIpc) is 3.04. The lowest BCUT2D eigenvalue weighted by atomic mass is 10.3. The number of fused-ring (bicyclic) bond motifs is 1. The zero-order chi connectivity index (χ0) is 15.5. The number of amides is 2. The van der Waals surface area contributed by atoms with Crippen molar-refractivity contribution in [2.45, 2.75) is 13.3 Å². The molecule has 0 aliphatic carbocycles. The summed E-state index contributed by atoms with van der Waals surface area (Å²) in [5.74, 6) is 0.756. The largest absolute Gasteiger partial charge is 0.337 e. The van der Waals surface area contributed by atoms with Gasteiger partial charge in [0.25, 0.3) is 0 Å². The number of anilines is 1. The summed E-state index contributed by atoms with van der Waals surface area (Å²) in [6, 6.07) is 6.67. The Morgan fingerprint density at radius 2 is 2.09 bits per heavy atom. The quantitative estimate of drug-likeness (QED) is 0.766. The van der Waals surface area contributed by atoms with Crippen LogP contribution in [0.5, 0.6) is 0 Å². The predicted molar refractivity (Wildman–Crippen MR) is 85.6 cm³/mol. The Bertz CT molecular complexity index is 797. The number of rotatable bonds is 4. The summed E-state index contributed by atoms with van der Waals surface area (Å²) in [5.41, 5.74) is 0.691. The number of carbonyl (C=O) groups is 1. The Morgan fingerprint density at radius 1 is 1.32 bits per heavy atom. The number of halogens is 1. The fourth-order valence-electron chi connectivity index (χ4n) is 1.85. The lowest BCUT2D eigenvalue weighted by Crippen LogP contribution is -2.30. The molecule has 0 aliphatic heterocycles. The number of aryl methyl sites for hydroxylation is 1. The van der Waals surface area contributed by atoms with Crippen LogP contribution < -0.4 is 10.6 Å². The molecule has 0 bridgehead atoms. The molecule has 2 amide bonds. The van der Waals surface area contributed by atoms with Gasteiger partial charge in [-0.3, -0.25) is 0 Å². The van der Waals surface area contributed by atoms with E-state index in [2.05, 4.69) is 25.9 Å². The zero-order valence-electron chi connectivity index (χ0n) is 11.7. The average molecular weight is 337 g/mol. The number of hydrogen-bond donors (Lipinski definition) is 2. The highest BCUT2D eigenvalue weighted by Gasteiger charge is 2.09. The number of carbonyl (C=O) groups excluding carboxylic acids is 1. The molecule has 0 spiro atoms. The third-order valence-electron chi connectivity index (χ3n) is 2.92. The number of hydrogen-bond acceptors (Lipinski definition) is 5. The third kappa shape index (κ3) is 3.34. The van der Waals surface area contributed by atoms with Crippen LogP contribution in [0.1, 0.15) is 10.8 Å². The van der Waals surface area contributed by atoms with Gasteiger partial charge in [0, 0.05) is 23.7 Å².